The van der Waals surface area contributed by atoms with Crippen LogP contribution in [0.25, 0.3) is 0 Å². The van der Waals surface area contributed by atoms with Gasteiger partial charge in [0.15, 0.2) is 5.96 Å². The summed E-state index contributed by atoms with van der Waals surface area (Å²) in [5, 5.41) is 2.96. The van der Waals surface area contributed by atoms with E-state index in [4.69, 9.17) is 11.5 Å². The molecule has 1 unspecified atom stereocenters. The number of aliphatic imine (C=N–C) groups is 1. The summed E-state index contributed by atoms with van der Waals surface area (Å²) in [4.78, 5) is 15.8. The van der Waals surface area contributed by atoms with E-state index in [1.807, 2.05) is 0 Å². The normalized spacial score (nSPS) is 17.9. The van der Waals surface area contributed by atoms with Crippen LogP contribution in [0.4, 0.5) is 14.5 Å². The van der Waals surface area contributed by atoms with Crippen LogP contribution in [0.2, 0.25) is 0 Å². The lowest BCUT2D eigenvalue weighted by Crippen LogP contribution is -2.44. The molecule has 1 aromatic carbocycles. The Balaban J connectivity index is 2.33. The Kier molecular flexibility index (Phi) is 4.69. The van der Waals surface area contributed by atoms with Crippen molar-refractivity contribution in [1.82, 2.24) is 0 Å². The number of benzene rings is 1. The minimum absolute atomic E-state index is 0.216. The molecule has 1 atom stereocenters. The molecule has 6 nitrogen and oxygen atoms in total. The Morgan fingerprint density at radius 1 is 1.39 bits per heavy atom. The van der Waals surface area contributed by atoms with Crippen LogP contribution in [-0.2, 0) is 10.8 Å². The van der Waals surface area contributed by atoms with Gasteiger partial charge in [0.05, 0.1) is 21.4 Å². The summed E-state index contributed by atoms with van der Waals surface area (Å²) in [5.41, 5.74) is 11.6. The molecule has 1 aliphatic rings. The molecule has 1 fully saturated rings. The number of carbonyl (C=O) groups is 1. The second-order valence-electron chi connectivity index (χ2n) is 5.56. The molecule has 0 heterocycles. The van der Waals surface area contributed by atoms with Crippen molar-refractivity contribution in [2.24, 2.45) is 16.5 Å². The van der Waals surface area contributed by atoms with E-state index in [1.165, 1.54) is 12.3 Å². The molecule has 0 aromatic heterocycles. The number of rotatable bonds is 4. The number of nitrogens with zero attached hydrogens (tertiary/aromatic N) is 1. The highest BCUT2D eigenvalue weighted by atomic mass is 32.2. The number of anilines is 1. The van der Waals surface area contributed by atoms with Gasteiger partial charge in [-0.15, -0.1) is 0 Å². The second kappa shape index (κ2) is 6.23. The predicted molar refractivity (Wildman–Crippen MR) is 85.2 cm³/mol. The van der Waals surface area contributed by atoms with Crippen LogP contribution < -0.4 is 16.8 Å². The largest absolute Gasteiger partial charge is 0.381 e. The maximum absolute atomic E-state index is 12.9. The Morgan fingerprint density at radius 2 is 2.00 bits per heavy atom. The zero-order valence-electron chi connectivity index (χ0n) is 12.7. The van der Waals surface area contributed by atoms with Crippen molar-refractivity contribution in [1.29, 1.82) is 0 Å². The van der Waals surface area contributed by atoms with E-state index in [9.17, 15) is 17.8 Å². The molecule has 1 aliphatic carbocycles. The van der Waals surface area contributed by atoms with Crippen molar-refractivity contribution >= 4 is 28.4 Å². The van der Waals surface area contributed by atoms with Crippen molar-refractivity contribution < 1.29 is 17.8 Å². The molecule has 5 N–H and O–H groups in total. The van der Waals surface area contributed by atoms with Gasteiger partial charge < -0.3 is 16.8 Å². The number of carbonyl (C=O) groups excluding carboxylic acids is 1. The highest BCUT2D eigenvalue weighted by molar-refractivity contribution is 7.84. The highest BCUT2D eigenvalue weighted by Gasteiger charge is 2.45. The van der Waals surface area contributed by atoms with Crippen LogP contribution in [0.1, 0.15) is 28.8 Å². The summed E-state index contributed by atoms with van der Waals surface area (Å²) in [6.07, 6.45) is 0.910. The number of alkyl halides is 2. The van der Waals surface area contributed by atoms with Crippen molar-refractivity contribution in [3.63, 3.8) is 0 Å². The summed E-state index contributed by atoms with van der Waals surface area (Å²) in [6, 6.07) is 2.65. The van der Waals surface area contributed by atoms with Gasteiger partial charge in [-0.25, -0.2) is 8.78 Å². The summed E-state index contributed by atoms with van der Waals surface area (Å²) in [7, 11) is -1.41. The van der Waals surface area contributed by atoms with E-state index in [1.54, 1.807) is 13.0 Å². The molecule has 0 spiro atoms. The van der Waals surface area contributed by atoms with Gasteiger partial charge in [0.2, 0.25) is 0 Å². The second-order valence-corrected chi connectivity index (χ2v) is 6.91. The van der Waals surface area contributed by atoms with Crippen molar-refractivity contribution in [2.45, 2.75) is 36.6 Å². The first-order valence-corrected chi connectivity index (χ1v) is 8.41. The summed E-state index contributed by atoms with van der Waals surface area (Å²) in [5.74, 6) is -3.66. The van der Waals surface area contributed by atoms with Crippen LogP contribution >= 0.6 is 0 Å². The SMILES string of the molecule is Cc1cc(NC2CC(F)(F)C2)c(S(C)=O)cc1C(=O)N=C(N)N. The summed E-state index contributed by atoms with van der Waals surface area (Å²) >= 11 is 0. The first-order valence-electron chi connectivity index (χ1n) is 6.85. The maximum Gasteiger partial charge on any atom is 0.280 e. The zero-order chi connectivity index (χ0) is 17.4. The molecule has 2 rings (SSSR count). The number of aryl methyl sites for hydroxylation is 1. The fraction of sp³-hybridized carbons (Fsp3) is 0.429. The standard InChI is InChI=1S/C14H18F2N4O2S/c1-7-3-10(19-8-5-14(15,16)6-8)11(23(2)22)4-9(7)12(21)20-13(17)18/h3-4,8,19H,5-6H2,1-2H3,(H4,17,18,20,21). The lowest BCUT2D eigenvalue weighted by molar-refractivity contribution is -0.0793. The molecule has 9 heteroatoms. The van der Waals surface area contributed by atoms with Gasteiger partial charge in [-0.05, 0) is 24.6 Å². The van der Waals surface area contributed by atoms with Crippen LogP contribution in [0.3, 0.4) is 0 Å². The van der Waals surface area contributed by atoms with E-state index in [0.29, 0.717) is 16.1 Å². The van der Waals surface area contributed by atoms with Gasteiger partial charge in [0, 0.05) is 30.7 Å². The quantitative estimate of drug-likeness (QED) is 0.564. The Bertz CT molecular complexity index is 694. The summed E-state index contributed by atoms with van der Waals surface area (Å²) in [6.45, 7) is 1.67. The molecular weight excluding hydrogens is 326 g/mol. The topological polar surface area (TPSA) is 111 Å². The number of halogens is 2. The van der Waals surface area contributed by atoms with Crippen LogP contribution in [0.5, 0.6) is 0 Å². The molecular formula is C14H18F2N4O2S. The lowest BCUT2D eigenvalue weighted by atomic mass is 9.88. The Morgan fingerprint density at radius 3 is 2.48 bits per heavy atom. The first kappa shape index (κ1) is 17.3. The zero-order valence-corrected chi connectivity index (χ0v) is 13.5. The van der Waals surface area contributed by atoms with E-state index >= 15 is 0 Å². The first-order chi connectivity index (χ1) is 10.6. The molecule has 0 aliphatic heterocycles. The lowest BCUT2D eigenvalue weighted by Gasteiger charge is -2.36. The number of amides is 1. The number of nitrogens with one attached hydrogen (secondary N) is 1. The fourth-order valence-electron chi connectivity index (χ4n) is 2.43. The third-order valence-corrected chi connectivity index (χ3v) is 4.50. The van der Waals surface area contributed by atoms with E-state index in [0.717, 1.165) is 0 Å². The van der Waals surface area contributed by atoms with Crippen molar-refractivity contribution in [3.8, 4) is 0 Å². The highest BCUT2D eigenvalue weighted by Crippen LogP contribution is 2.40. The molecule has 1 aromatic rings. The van der Waals surface area contributed by atoms with Crippen molar-refractivity contribution in [2.75, 3.05) is 11.6 Å². The predicted octanol–water partition coefficient (Wildman–Crippen LogP) is 1.36. The average molecular weight is 344 g/mol. The van der Waals surface area contributed by atoms with Gasteiger partial charge in [-0.2, -0.15) is 4.99 Å². The third kappa shape index (κ3) is 4.04. The van der Waals surface area contributed by atoms with E-state index < -0.39 is 22.6 Å². The van der Waals surface area contributed by atoms with Gasteiger partial charge in [-0.1, -0.05) is 0 Å². The number of guanidine groups is 1. The maximum atomic E-state index is 12.9. The molecule has 0 bridgehead atoms. The monoisotopic (exact) mass is 344 g/mol. The molecule has 126 valence electrons. The molecule has 0 radical (unpaired) electrons. The molecule has 1 saturated carbocycles. The van der Waals surface area contributed by atoms with Crippen LogP contribution in [-0.4, -0.2) is 34.3 Å². The van der Waals surface area contributed by atoms with Gasteiger partial charge in [0.1, 0.15) is 0 Å². The fourth-order valence-corrected chi connectivity index (χ4v) is 3.14. The summed E-state index contributed by atoms with van der Waals surface area (Å²) < 4.78 is 37.8. The number of nitrogens with two attached hydrogens (primary N) is 2. The molecule has 1 amide bonds. The minimum Gasteiger partial charge on any atom is -0.381 e. The number of hydrogen-bond acceptors (Lipinski definition) is 3. The third-order valence-electron chi connectivity index (χ3n) is 3.55. The Labute approximate surface area is 134 Å². The number of hydrogen-bond donors (Lipinski definition) is 3. The van der Waals surface area contributed by atoms with E-state index in [2.05, 4.69) is 10.3 Å². The molecule has 0 saturated heterocycles. The smallest absolute Gasteiger partial charge is 0.280 e. The van der Waals surface area contributed by atoms with E-state index in [-0.39, 0.29) is 30.4 Å². The van der Waals surface area contributed by atoms with Gasteiger partial charge in [-0.3, -0.25) is 9.00 Å². The minimum atomic E-state index is -2.65. The van der Waals surface area contributed by atoms with Crippen LogP contribution in [0.15, 0.2) is 22.0 Å². The van der Waals surface area contributed by atoms with Gasteiger partial charge >= 0.3 is 0 Å². The van der Waals surface area contributed by atoms with Gasteiger partial charge in [0.25, 0.3) is 11.8 Å². The molecule has 23 heavy (non-hydrogen) atoms. The van der Waals surface area contributed by atoms with Crippen LogP contribution in [0, 0.1) is 6.92 Å². The Hall–Kier alpha value is -2.03. The average Bonchev–Trinajstić information content (AvgIpc) is 2.35. The van der Waals surface area contributed by atoms with Crippen molar-refractivity contribution in [3.05, 3.63) is 23.3 Å².